The van der Waals surface area contributed by atoms with Crippen LogP contribution in [0.15, 0.2) is 18.2 Å². The molecule has 1 fully saturated rings. The Bertz CT molecular complexity index is 363. The molecular weight excluding hydrogens is 221 g/mol. The molecule has 0 heterocycles. The molecule has 1 aromatic rings. The standard InChI is InChI=1S/C13H18FNO2/c1-16-9-4-2-5-10(8-9)17-13-11(14)6-3-7-12(13)15/h3,6-7,9-10H,2,4-5,8,15H2,1H3. The highest BCUT2D eigenvalue weighted by Crippen LogP contribution is 2.30. The number of rotatable bonds is 3. The van der Waals surface area contributed by atoms with Crippen LogP contribution < -0.4 is 10.5 Å². The van der Waals surface area contributed by atoms with Crippen LogP contribution in [0.2, 0.25) is 0 Å². The lowest BCUT2D eigenvalue weighted by Gasteiger charge is -2.29. The van der Waals surface area contributed by atoms with Crippen LogP contribution in [0, 0.1) is 5.82 Å². The summed E-state index contributed by atoms with van der Waals surface area (Å²) in [4.78, 5) is 0. The number of benzene rings is 1. The summed E-state index contributed by atoms with van der Waals surface area (Å²) in [7, 11) is 1.70. The molecule has 3 nitrogen and oxygen atoms in total. The van der Waals surface area contributed by atoms with E-state index in [4.69, 9.17) is 15.2 Å². The van der Waals surface area contributed by atoms with Gasteiger partial charge >= 0.3 is 0 Å². The van der Waals surface area contributed by atoms with Crippen LogP contribution in [0.3, 0.4) is 0 Å². The fourth-order valence-electron chi connectivity index (χ4n) is 2.24. The summed E-state index contributed by atoms with van der Waals surface area (Å²) in [5.74, 6) is -0.223. The Morgan fingerprint density at radius 1 is 1.29 bits per heavy atom. The topological polar surface area (TPSA) is 44.5 Å². The van der Waals surface area contributed by atoms with E-state index in [2.05, 4.69) is 0 Å². The van der Waals surface area contributed by atoms with Gasteiger partial charge in [0, 0.05) is 13.5 Å². The Balaban J connectivity index is 2.05. The van der Waals surface area contributed by atoms with Gasteiger partial charge < -0.3 is 15.2 Å². The first-order valence-corrected chi connectivity index (χ1v) is 5.94. The average molecular weight is 239 g/mol. The smallest absolute Gasteiger partial charge is 0.178 e. The van der Waals surface area contributed by atoms with Crippen molar-refractivity contribution in [3.05, 3.63) is 24.0 Å². The van der Waals surface area contributed by atoms with Crippen molar-refractivity contribution >= 4 is 5.69 Å². The maximum Gasteiger partial charge on any atom is 0.178 e. The highest BCUT2D eigenvalue weighted by atomic mass is 19.1. The third-order valence-corrected chi connectivity index (χ3v) is 3.19. The second kappa shape index (κ2) is 5.36. The Hall–Kier alpha value is -1.29. The maximum atomic E-state index is 13.5. The van der Waals surface area contributed by atoms with Crippen molar-refractivity contribution in [1.29, 1.82) is 0 Å². The summed E-state index contributed by atoms with van der Waals surface area (Å²) in [6.45, 7) is 0. The predicted molar refractivity (Wildman–Crippen MR) is 64.5 cm³/mol. The maximum absolute atomic E-state index is 13.5. The van der Waals surface area contributed by atoms with Crippen LogP contribution in [0.5, 0.6) is 5.75 Å². The first kappa shape index (κ1) is 12.2. The van der Waals surface area contributed by atoms with Crippen molar-refractivity contribution in [2.24, 2.45) is 0 Å². The van der Waals surface area contributed by atoms with Gasteiger partial charge in [0.05, 0.1) is 11.8 Å². The van der Waals surface area contributed by atoms with Crippen LogP contribution >= 0.6 is 0 Å². The molecule has 1 aromatic carbocycles. The van der Waals surface area contributed by atoms with Crippen molar-refractivity contribution in [1.82, 2.24) is 0 Å². The molecular formula is C13H18FNO2. The van der Waals surface area contributed by atoms with Gasteiger partial charge in [-0.25, -0.2) is 4.39 Å². The first-order chi connectivity index (χ1) is 8.20. The van der Waals surface area contributed by atoms with Gasteiger partial charge in [-0.3, -0.25) is 0 Å². The lowest BCUT2D eigenvalue weighted by molar-refractivity contribution is 0.0200. The van der Waals surface area contributed by atoms with Gasteiger partial charge in [0.25, 0.3) is 0 Å². The molecule has 1 saturated carbocycles. The summed E-state index contributed by atoms with van der Waals surface area (Å²) in [5, 5.41) is 0. The fraction of sp³-hybridized carbons (Fsp3) is 0.538. The van der Waals surface area contributed by atoms with Gasteiger partial charge in [0.2, 0.25) is 0 Å². The predicted octanol–water partition coefficient (Wildman–Crippen LogP) is 2.74. The Morgan fingerprint density at radius 3 is 2.76 bits per heavy atom. The van der Waals surface area contributed by atoms with Gasteiger partial charge in [-0.05, 0) is 31.4 Å². The molecule has 0 spiro atoms. The average Bonchev–Trinajstić information content (AvgIpc) is 2.34. The molecule has 17 heavy (non-hydrogen) atoms. The lowest BCUT2D eigenvalue weighted by atomic mass is 9.95. The summed E-state index contributed by atoms with van der Waals surface area (Å²) < 4.78 is 24.5. The summed E-state index contributed by atoms with van der Waals surface area (Å²) in [5.41, 5.74) is 6.06. The summed E-state index contributed by atoms with van der Waals surface area (Å²) >= 11 is 0. The van der Waals surface area contributed by atoms with Crippen LogP contribution in [0.25, 0.3) is 0 Å². The Labute approximate surface area is 101 Å². The molecule has 0 bridgehead atoms. The third-order valence-electron chi connectivity index (χ3n) is 3.19. The molecule has 2 atom stereocenters. The third kappa shape index (κ3) is 2.88. The van der Waals surface area contributed by atoms with E-state index in [0.29, 0.717) is 5.69 Å². The van der Waals surface area contributed by atoms with Crippen LogP contribution in [-0.2, 0) is 4.74 Å². The van der Waals surface area contributed by atoms with Crippen molar-refractivity contribution in [2.75, 3.05) is 12.8 Å². The SMILES string of the molecule is COC1CCCC(Oc2c(N)cccc2F)C1. The minimum absolute atomic E-state index is 0.00657. The number of nitrogen functional groups attached to an aromatic ring is 1. The number of anilines is 1. The molecule has 0 radical (unpaired) electrons. The molecule has 0 amide bonds. The van der Waals surface area contributed by atoms with E-state index in [1.165, 1.54) is 6.07 Å². The number of halogens is 1. The van der Waals surface area contributed by atoms with E-state index in [1.807, 2.05) is 0 Å². The molecule has 94 valence electrons. The van der Waals surface area contributed by atoms with E-state index in [0.717, 1.165) is 25.7 Å². The minimum atomic E-state index is -0.399. The second-order valence-electron chi connectivity index (χ2n) is 4.42. The highest BCUT2D eigenvalue weighted by Gasteiger charge is 2.24. The minimum Gasteiger partial charge on any atom is -0.485 e. The Morgan fingerprint density at radius 2 is 2.06 bits per heavy atom. The molecule has 4 heteroatoms. The zero-order chi connectivity index (χ0) is 12.3. The number of para-hydroxylation sites is 1. The van der Waals surface area contributed by atoms with Gasteiger partial charge in [-0.15, -0.1) is 0 Å². The summed E-state index contributed by atoms with van der Waals surface area (Å²) in [6, 6.07) is 4.59. The number of ether oxygens (including phenoxy) is 2. The number of methoxy groups -OCH3 is 1. The molecule has 0 aromatic heterocycles. The number of nitrogens with two attached hydrogens (primary N) is 1. The van der Waals surface area contributed by atoms with E-state index in [1.54, 1.807) is 19.2 Å². The summed E-state index contributed by atoms with van der Waals surface area (Å²) in [6.07, 6.45) is 4.01. The number of hydrogen-bond donors (Lipinski definition) is 1. The molecule has 0 saturated heterocycles. The van der Waals surface area contributed by atoms with E-state index in [9.17, 15) is 4.39 Å². The van der Waals surface area contributed by atoms with Gasteiger partial charge in [-0.2, -0.15) is 0 Å². The van der Waals surface area contributed by atoms with Gasteiger partial charge in [-0.1, -0.05) is 6.07 Å². The van der Waals surface area contributed by atoms with Crippen molar-refractivity contribution in [3.63, 3.8) is 0 Å². The van der Waals surface area contributed by atoms with E-state index >= 15 is 0 Å². The molecule has 0 aliphatic heterocycles. The molecule has 1 aliphatic rings. The van der Waals surface area contributed by atoms with Crippen molar-refractivity contribution in [3.8, 4) is 5.75 Å². The molecule has 2 unspecified atom stereocenters. The van der Waals surface area contributed by atoms with Crippen molar-refractivity contribution in [2.45, 2.75) is 37.9 Å². The Kier molecular flexibility index (Phi) is 3.84. The zero-order valence-corrected chi connectivity index (χ0v) is 9.99. The lowest BCUT2D eigenvalue weighted by Crippen LogP contribution is -2.29. The molecule has 2 N–H and O–H groups in total. The van der Waals surface area contributed by atoms with Crippen LogP contribution in [-0.4, -0.2) is 19.3 Å². The van der Waals surface area contributed by atoms with Gasteiger partial charge in [0.1, 0.15) is 6.10 Å². The number of hydrogen-bond acceptors (Lipinski definition) is 3. The highest BCUT2D eigenvalue weighted by molar-refractivity contribution is 5.52. The van der Waals surface area contributed by atoms with Crippen molar-refractivity contribution < 1.29 is 13.9 Å². The normalized spacial score (nSPS) is 24.6. The largest absolute Gasteiger partial charge is 0.485 e. The van der Waals surface area contributed by atoms with Crippen LogP contribution in [0.1, 0.15) is 25.7 Å². The molecule has 2 rings (SSSR count). The fourth-order valence-corrected chi connectivity index (χ4v) is 2.24. The first-order valence-electron chi connectivity index (χ1n) is 5.94. The molecule has 1 aliphatic carbocycles. The monoisotopic (exact) mass is 239 g/mol. The van der Waals surface area contributed by atoms with E-state index < -0.39 is 5.82 Å². The second-order valence-corrected chi connectivity index (χ2v) is 4.42. The zero-order valence-electron chi connectivity index (χ0n) is 9.99. The van der Waals surface area contributed by atoms with E-state index in [-0.39, 0.29) is 18.0 Å². The van der Waals surface area contributed by atoms with Crippen LogP contribution in [0.4, 0.5) is 10.1 Å². The van der Waals surface area contributed by atoms with Gasteiger partial charge in [0.15, 0.2) is 11.6 Å². The quantitative estimate of drug-likeness (QED) is 0.825.